The van der Waals surface area contributed by atoms with Crippen LogP contribution in [-0.4, -0.2) is 107 Å². The maximum absolute atomic E-state index is 15.4. The van der Waals surface area contributed by atoms with E-state index in [-0.39, 0.29) is 25.4 Å². The molecule has 0 saturated carbocycles. The molecule has 0 radical (unpaired) electrons. The van der Waals surface area contributed by atoms with Gasteiger partial charge in [-0.3, -0.25) is 4.79 Å². The van der Waals surface area contributed by atoms with Gasteiger partial charge in [0.1, 0.15) is 35.1 Å². The average Bonchev–Trinajstić information content (AvgIpc) is 3.43. The van der Waals surface area contributed by atoms with Crippen LogP contribution in [0.5, 0.6) is 0 Å². The van der Waals surface area contributed by atoms with Gasteiger partial charge < -0.3 is 47.7 Å². The molecule has 67 heavy (non-hydrogen) atoms. The highest BCUT2D eigenvalue weighted by atomic mass is 16.8. The Kier molecular flexibility index (Phi) is 20.7. The molecule has 1 aromatic rings. The molecule has 14 nitrogen and oxygen atoms in total. The van der Waals surface area contributed by atoms with Crippen molar-refractivity contribution in [3.05, 3.63) is 48.0 Å². The van der Waals surface area contributed by atoms with Gasteiger partial charge in [0.2, 0.25) is 23.1 Å². The van der Waals surface area contributed by atoms with Crippen LogP contribution in [0.3, 0.4) is 0 Å². The van der Waals surface area contributed by atoms with Crippen LogP contribution < -0.4 is 0 Å². The molecule has 0 spiro atoms. The fourth-order valence-corrected chi connectivity index (χ4v) is 8.67. The van der Waals surface area contributed by atoms with Crippen LogP contribution >= 0.6 is 0 Å². The van der Waals surface area contributed by atoms with E-state index in [2.05, 4.69) is 13.5 Å². The lowest BCUT2D eigenvalue weighted by molar-refractivity contribution is -0.387. The van der Waals surface area contributed by atoms with Crippen molar-refractivity contribution in [1.29, 1.82) is 0 Å². The van der Waals surface area contributed by atoms with E-state index in [1.165, 1.54) is 46.1 Å². The molecule has 14 heteroatoms. The molecule has 0 amide bonds. The SMILES string of the molecule is C=C(CC[C@@]12O[C@H](C(=O)OC(C)(C)C)[C@@](O)(C(=O)OC(C)(C)C)[C@@](C(=O)OC(C)(C)C)(O1)[C@H](OCCCCCCCCCCCC)[C@H]2OC(C)(C)OC)C(OC(C)=O)C(C)Cc1ccccc1. The van der Waals surface area contributed by atoms with E-state index in [0.29, 0.717) is 18.4 Å². The summed E-state index contributed by atoms with van der Waals surface area (Å²) in [6.45, 7) is 27.6. The van der Waals surface area contributed by atoms with Gasteiger partial charge >= 0.3 is 23.9 Å². The fourth-order valence-electron chi connectivity index (χ4n) is 8.67. The summed E-state index contributed by atoms with van der Waals surface area (Å²) in [6.07, 6.45) is 4.52. The third-order valence-corrected chi connectivity index (χ3v) is 11.8. The molecule has 1 aromatic carbocycles. The first kappa shape index (κ1) is 57.9. The maximum Gasteiger partial charge on any atom is 0.346 e. The summed E-state index contributed by atoms with van der Waals surface area (Å²) in [7, 11) is 1.43. The van der Waals surface area contributed by atoms with Gasteiger partial charge in [-0.05, 0) is 107 Å². The number of aliphatic hydroxyl groups is 1. The Morgan fingerprint density at radius 2 is 1.28 bits per heavy atom. The molecule has 0 aliphatic carbocycles. The van der Waals surface area contributed by atoms with Crippen LogP contribution in [0.25, 0.3) is 0 Å². The molecule has 2 heterocycles. The number of esters is 4. The second-order valence-corrected chi connectivity index (χ2v) is 21.9. The van der Waals surface area contributed by atoms with Crippen molar-refractivity contribution in [2.75, 3.05) is 13.7 Å². The summed E-state index contributed by atoms with van der Waals surface area (Å²) < 4.78 is 56.9. The predicted molar refractivity (Wildman–Crippen MR) is 255 cm³/mol. The molecule has 2 saturated heterocycles. The van der Waals surface area contributed by atoms with Crippen LogP contribution in [0.2, 0.25) is 0 Å². The largest absolute Gasteiger partial charge is 0.458 e. The highest BCUT2D eigenvalue weighted by Crippen LogP contribution is 2.59. The Bertz CT molecular complexity index is 1770. The second-order valence-electron chi connectivity index (χ2n) is 21.9. The minimum absolute atomic E-state index is 0.00577. The molecule has 0 aromatic heterocycles. The number of ether oxygens (including phenoxy) is 9. The molecule has 2 bridgehead atoms. The van der Waals surface area contributed by atoms with Crippen molar-refractivity contribution in [2.45, 2.75) is 244 Å². The first-order valence-corrected chi connectivity index (χ1v) is 24.5. The number of hydrogen-bond donors (Lipinski definition) is 1. The zero-order valence-corrected chi connectivity index (χ0v) is 43.6. The number of rotatable bonds is 26. The van der Waals surface area contributed by atoms with Crippen molar-refractivity contribution >= 4 is 23.9 Å². The van der Waals surface area contributed by atoms with Crippen LogP contribution in [0.1, 0.15) is 180 Å². The smallest absolute Gasteiger partial charge is 0.346 e. The summed E-state index contributed by atoms with van der Waals surface area (Å²) in [5.74, 6) is -8.23. The molecule has 382 valence electrons. The molecule has 3 rings (SSSR count). The third kappa shape index (κ3) is 15.8. The fraction of sp³-hybridized carbons (Fsp3) is 0.774. The predicted octanol–water partition coefficient (Wildman–Crippen LogP) is 9.83. The highest BCUT2D eigenvalue weighted by Gasteiger charge is 2.86. The summed E-state index contributed by atoms with van der Waals surface area (Å²) in [5, 5.41) is 13.5. The minimum Gasteiger partial charge on any atom is -0.458 e. The number of fused-ring (bicyclic) bond motifs is 2. The Labute approximate surface area is 401 Å². The lowest BCUT2D eigenvalue weighted by Gasteiger charge is -2.51. The van der Waals surface area contributed by atoms with Crippen LogP contribution in [0.4, 0.5) is 0 Å². The standard InChI is InChI=1S/C53H86O14/c1-17-18-19-20-21-22-23-24-25-29-34-60-42-41(62-50(14,15)59-16)51(33-32-36(2)40(61-38(4)54)37(3)35-39-30-27-26-28-31-39)63-43(44(55)64-47(5,6)7)52(58,45(56)65-48(8,9)10)53(42,67-51)46(57)66-49(11,12)13/h26-28,30-31,37,40-43,58H,2,17-25,29,32-35H2,1,3-16H3/t37?,40?,41-,42-,43-,51-,52-,53-/m1/s1. The lowest BCUT2D eigenvalue weighted by atomic mass is 9.74. The number of methoxy groups -OCH3 is 1. The van der Waals surface area contributed by atoms with Gasteiger partial charge in [-0.25, -0.2) is 14.4 Å². The monoisotopic (exact) mass is 947 g/mol. The molecule has 2 unspecified atom stereocenters. The Morgan fingerprint density at radius 1 is 0.761 bits per heavy atom. The molecule has 2 fully saturated rings. The maximum atomic E-state index is 15.4. The number of carbonyl (C=O) groups is 4. The van der Waals surface area contributed by atoms with Gasteiger partial charge in [0.15, 0.2) is 5.79 Å². The zero-order valence-electron chi connectivity index (χ0n) is 43.6. The number of unbranched alkanes of at least 4 members (excludes halogenated alkanes) is 9. The van der Waals surface area contributed by atoms with E-state index >= 15 is 4.79 Å². The summed E-state index contributed by atoms with van der Waals surface area (Å²) >= 11 is 0. The highest BCUT2D eigenvalue weighted by molar-refractivity contribution is 5.99. The summed E-state index contributed by atoms with van der Waals surface area (Å²) in [5.41, 5.74) is -8.37. The van der Waals surface area contributed by atoms with E-state index < -0.39 is 87.9 Å². The van der Waals surface area contributed by atoms with Gasteiger partial charge in [-0.15, -0.1) is 0 Å². The Hall–Kier alpha value is -3.40. The van der Waals surface area contributed by atoms with Crippen molar-refractivity contribution in [2.24, 2.45) is 5.92 Å². The molecule has 8 atom stereocenters. The Balaban J connectivity index is 2.31. The van der Waals surface area contributed by atoms with Gasteiger partial charge in [0.05, 0.1) is 0 Å². The van der Waals surface area contributed by atoms with E-state index in [0.717, 1.165) is 31.2 Å². The molecule has 1 N–H and O–H groups in total. The first-order valence-electron chi connectivity index (χ1n) is 24.5. The van der Waals surface area contributed by atoms with Crippen molar-refractivity contribution < 1.29 is 66.9 Å². The van der Waals surface area contributed by atoms with Crippen LogP contribution in [0.15, 0.2) is 42.5 Å². The normalized spacial score (nSPS) is 25.2. The van der Waals surface area contributed by atoms with Crippen molar-refractivity contribution in [3.8, 4) is 0 Å². The second kappa shape index (κ2) is 23.9. The number of carbonyl (C=O) groups excluding carboxylic acids is 4. The summed E-state index contributed by atoms with van der Waals surface area (Å²) in [4.78, 5) is 57.8. The number of hydrogen-bond acceptors (Lipinski definition) is 14. The van der Waals surface area contributed by atoms with E-state index in [4.69, 9.17) is 42.6 Å². The third-order valence-electron chi connectivity index (χ3n) is 11.8. The van der Waals surface area contributed by atoms with Gasteiger partial charge in [0.25, 0.3) is 0 Å². The Morgan fingerprint density at radius 3 is 1.79 bits per heavy atom. The van der Waals surface area contributed by atoms with Gasteiger partial charge in [-0.1, -0.05) is 109 Å². The quantitative estimate of drug-likeness (QED) is 0.0306. The lowest BCUT2D eigenvalue weighted by Crippen LogP contribution is -2.79. The number of benzene rings is 1. The van der Waals surface area contributed by atoms with Crippen molar-refractivity contribution in [3.63, 3.8) is 0 Å². The van der Waals surface area contributed by atoms with Gasteiger partial charge in [0, 0.05) is 33.0 Å². The van der Waals surface area contributed by atoms with E-state index in [1.54, 1.807) is 76.2 Å². The minimum atomic E-state index is -3.31. The van der Waals surface area contributed by atoms with Crippen LogP contribution in [0, 0.1) is 5.92 Å². The van der Waals surface area contributed by atoms with Gasteiger partial charge in [-0.2, -0.15) is 0 Å². The van der Waals surface area contributed by atoms with E-state index in [9.17, 15) is 19.5 Å². The van der Waals surface area contributed by atoms with Crippen LogP contribution in [-0.2, 0) is 68.2 Å². The summed E-state index contributed by atoms with van der Waals surface area (Å²) in [6, 6.07) is 9.76. The molecule has 2 aliphatic heterocycles. The first-order chi connectivity index (χ1) is 31.0. The topological polar surface area (TPSA) is 172 Å². The van der Waals surface area contributed by atoms with E-state index in [1.807, 2.05) is 37.3 Å². The molecule has 2 aliphatic rings. The average molecular weight is 947 g/mol. The zero-order chi connectivity index (χ0) is 50.6. The molecular weight excluding hydrogens is 861 g/mol. The van der Waals surface area contributed by atoms with Crippen molar-refractivity contribution in [1.82, 2.24) is 0 Å². The molecular formula is C53H86O14.